The number of hydrogen-bond donors (Lipinski definition) is 3. The smallest absolute Gasteiger partial charge is 0.477 e. The summed E-state index contributed by atoms with van der Waals surface area (Å²) in [5.74, 6) is -7.85. The molecule has 42 heavy (non-hydrogen) atoms. The normalized spacial score (nSPS) is 11.9. The number of anilines is 2. The molecule has 3 aromatic rings. The van der Waals surface area contributed by atoms with Crippen LogP contribution in [0.15, 0.2) is 72.8 Å². The number of carbonyl (C=O) groups is 3. The maximum Gasteiger partial charge on any atom is 0.573 e. The molecule has 0 bridgehead atoms. The van der Waals surface area contributed by atoms with E-state index in [1.807, 2.05) is 38.2 Å². The quantitative estimate of drug-likeness (QED) is 0.243. The Labute approximate surface area is 238 Å². The molecule has 0 aliphatic rings. The maximum absolute atomic E-state index is 13.3. The van der Waals surface area contributed by atoms with Crippen molar-refractivity contribution in [2.45, 2.75) is 45.0 Å². The lowest BCUT2D eigenvalue weighted by atomic mass is 9.87. The van der Waals surface area contributed by atoms with E-state index in [0.717, 1.165) is 17.7 Å². The summed E-state index contributed by atoms with van der Waals surface area (Å²) in [5.41, 5.74) is 2.09. The fourth-order valence-electron chi connectivity index (χ4n) is 3.67. The fraction of sp³-hybridized carbons (Fsp3) is 0.276. The fourth-order valence-corrected chi connectivity index (χ4v) is 3.67. The summed E-state index contributed by atoms with van der Waals surface area (Å²) < 4.78 is 67.8. The number of carbonyl (C=O) groups excluding carboxylic acids is 2. The molecule has 0 saturated heterocycles. The minimum Gasteiger partial charge on any atom is -0.477 e. The van der Waals surface area contributed by atoms with Crippen LogP contribution in [-0.4, -0.2) is 41.8 Å². The highest BCUT2D eigenvalue weighted by Crippen LogP contribution is 2.28. The number of nitrogens with zero attached hydrogens (tertiary/aromatic N) is 1. The zero-order chi connectivity index (χ0) is 31.3. The summed E-state index contributed by atoms with van der Waals surface area (Å²) in [4.78, 5) is 37.5. The Morgan fingerprint density at radius 2 is 1.40 bits per heavy atom. The van der Waals surface area contributed by atoms with Crippen LogP contribution in [0.25, 0.3) is 0 Å². The predicted molar refractivity (Wildman–Crippen MR) is 145 cm³/mol. The number of nitrogens with one attached hydrogen (secondary N) is 2. The van der Waals surface area contributed by atoms with Crippen LogP contribution in [-0.2, 0) is 16.8 Å². The Bertz CT molecular complexity index is 1400. The van der Waals surface area contributed by atoms with Crippen molar-refractivity contribution in [1.82, 2.24) is 5.32 Å². The number of hydrogen-bond acceptors (Lipinski definition) is 4. The molecule has 0 aromatic heterocycles. The zero-order valence-electron chi connectivity index (χ0n) is 22.8. The Hall–Kier alpha value is -4.68. The Kier molecular flexibility index (Phi) is 9.44. The number of alkyl halides is 5. The number of urea groups is 1. The van der Waals surface area contributed by atoms with Gasteiger partial charge in [-0.1, -0.05) is 45.0 Å². The molecule has 0 aliphatic carbocycles. The van der Waals surface area contributed by atoms with E-state index >= 15 is 0 Å². The lowest BCUT2D eigenvalue weighted by molar-refractivity contribution is -0.274. The van der Waals surface area contributed by atoms with Gasteiger partial charge in [-0.05, 0) is 65.1 Å². The molecule has 0 heterocycles. The summed E-state index contributed by atoms with van der Waals surface area (Å²) in [5, 5.41) is 13.0. The molecule has 0 unspecified atom stereocenters. The minimum atomic E-state index is -4.86. The van der Waals surface area contributed by atoms with Crippen molar-refractivity contribution in [3.05, 3.63) is 89.5 Å². The van der Waals surface area contributed by atoms with Crippen LogP contribution in [0.1, 0.15) is 42.3 Å². The van der Waals surface area contributed by atoms with Crippen molar-refractivity contribution < 1.29 is 46.2 Å². The van der Waals surface area contributed by atoms with Crippen LogP contribution in [0.3, 0.4) is 0 Å². The average molecular weight is 594 g/mol. The lowest BCUT2D eigenvalue weighted by Gasteiger charge is -2.25. The topological polar surface area (TPSA) is 108 Å². The number of amides is 3. The highest BCUT2D eigenvalue weighted by atomic mass is 19.4. The monoisotopic (exact) mass is 593 g/mol. The Morgan fingerprint density at radius 3 is 1.90 bits per heavy atom. The number of rotatable bonds is 9. The van der Waals surface area contributed by atoms with Gasteiger partial charge in [-0.2, -0.15) is 8.78 Å². The first kappa shape index (κ1) is 31.8. The van der Waals surface area contributed by atoms with Crippen LogP contribution in [0.4, 0.5) is 38.1 Å². The van der Waals surface area contributed by atoms with E-state index in [1.54, 1.807) is 12.1 Å². The van der Waals surface area contributed by atoms with Crippen molar-refractivity contribution in [3.8, 4) is 5.75 Å². The average Bonchev–Trinajstić information content (AvgIpc) is 2.90. The Balaban J connectivity index is 1.80. The third kappa shape index (κ3) is 8.91. The van der Waals surface area contributed by atoms with Crippen LogP contribution in [0.2, 0.25) is 0 Å². The van der Waals surface area contributed by atoms with Gasteiger partial charge < -0.3 is 20.5 Å². The number of benzene rings is 3. The third-order valence-electron chi connectivity index (χ3n) is 5.97. The van der Waals surface area contributed by atoms with Crippen molar-refractivity contribution in [3.63, 3.8) is 0 Å². The van der Waals surface area contributed by atoms with E-state index in [1.165, 1.54) is 41.3 Å². The van der Waals surface area contributed by atoms with E-state index in [0.29, 0.717) is 11.3 Å². The van der Waals surface area contributed by atoms with Gasteiger partial charge in [0.1, 0.15) is 5.75 Å². The molecule has 3 amide bonds. The second kappa shape index (κ2) is 12.5. The molecule has 8 nitrogen and oxygen atoms in total. The Morgan fingerprint density at radius 1 is 0.833 bits per heavy atom. The van der Waals surface area contributed by atoms with Gasteiger partial charge in [0.2, 0.25) is 0 Å². The molecule has 0 spiro atoms. The summed E-state index contributed by atoms with van der Waals surface area (Å²) in [6.07, 6.45) is -4.86. The molecule has 13 heteroatoms. The molecule has 3 rings (SSSR count). The van der Waals surface area contributed by atoms with Gasteiger partial charge in [0.25, 0.3) is 5.91 Å². The molecule has 0 saturated carbocycles. The van der Waals surface area contributed by atoms with E-state index < -0.39 is 42.5 Å². The maximum atomic E-state index is 13.3. The standard InChI is InChI=1S/C29H28F5N3O5/c1-27(2,3)20-8-12-22(13-9-20)37(26(41)36-21-10-14-23(15-11-21)42-29(32,33)34)16-18-4-6-19(7-5-18)24(38)35-17-28(30,31)25(39)40/h4-15H,16-17H2,1-3H3,(H,35,38)(H,36,41)(H,39,40). The highest BCUT2D eigenvalue weighted by molar-refractivity contribution is 6.01. The molecule has 224 valence electrons. The molecule has 0 atom stereocenters. The molecular formula is C29H28F5N3O5. The SMILES string of the molecule is CC(C)(C)c1ccc(N(Cc2ccc(C(=O)NCC(F)(F)C(=O)O)cc2)C(=O)Nc2ccc(OC(F)(F)F)cc2)cc1. The summed E-state index contributed by atoms with van der Waals surface area (Å²) >= 11 is 0. The number of carboxylic acids is 1. The molecule has 0 aliphatic heterocycles. The first-order valence-corrected chi connectivity index (χ1v) is 12.5. The largest absolute Gasteiger partial charge is 0.573 e. The third-order valence-corrected chi connectivity index (χ3v) is 5.97. The molecule has 0 fully saturated rings. The van der Waals surface area contributed by atoms with Gasteiger partial charge in [0.15, 0.2) is 0 Å². The van der Waals surface area contributed by atoms with Crippen LogP contribution in [0, 0.1) is 0 Å². The first-order chi connectivity index (χ1) is 19.4. The van der Waals surface area contributed by atoms with Gasteiger partial charge in [-0.15, -0.1) is 13.2 Å². The van der Waals surface area contributed by atoms with Gasteiger partial charge in [-0.3, -0.25) is 9.69 Å². The number of halogens is 5. The molecule has 3 aromatic carbocycles. The summed E-state index contributed by atoms with van der Waals surface area (Å²) in [7, 11) is 0. The van der Waals surface area contributed by atoms with E-state index in [2.05, 4.69) is 10.1 Å². The molecular weight excluding hydrogens is 565 g/mol. The van der Waals surface area contributed by atoms with Crippen LogP contribution >= 0.6 is 0 Å². The second-order valence-corrected chi connectivity index (χ2v) is 10.3. The number of ether oxygens (including phenoxy) is 1. The molecule has 3 N–H and O–H groups in total. The van der Waals surface area contributed by atoms with Crippen molar-refractivity contribution in [1.29, 1.82) is 0 Å². The van der Waals surface area contributed by atoms with Gasteiger partial charge in [0.05, 0.1) is 13.1 Å². The lowest BCUT2D eigenvalue weighted by Crippen LogP contribution is -2.42. The minimum absolute atomic E-state index is 0.00501. The predicted octanol–water partition coefficient (Wildman–Crippen LogP) is 6.57. The van der Waals surface area contributed by atoms with E-state index in [4.69, 9.17) is 5.11 Å². The van der Waals surface area contributed by atoms with Crippen LogP contribution in [0.5, 0.6) is 5.75 Å². The van der Waals surface area contributed by atoms with Gasteiger partial charge in [0, 0.05) is 16.9 Å². The van der Waals surface area contributed by atoms with Crippen molar-refractivity contribution >= 4 is 29.3 Å². The molecule has 0 radical (unpaired) electrons. The van der Waals surface area contributed by atoms with Crippen molar-refractivity contribution in [2.75, 3.05) is 16.8 Å². The van der Waals surface area contributed by atoms with E-state index in [-0.39, 0.29) is 23.2 Å². The number of carboxylic acid groups (broad SMARTS) is 1. The first-order valence-electron chi connectivity index (χ1n) is 12.5. The van der Waals surface area contributed by atoms with Crippen LogP contribution < -0.4 is 20.3 Å². The van der Waals surface area contributed by atoms with Gasteiger partial charge in [-0.25, -0.2) is 9.59 Å². The summed E-state index contributed by atoms with van der Waals surface area (Å²) in [6, 6.07) is 16.9. The number of aliphatic carboxylic acids is 1. The van der Waals surface area contributed by atoms with Gasteiger partial charge >= 0.3 is 24.3 Å². The summed E-state index contributed by atoms with van der Waals surface area (Å²) in [6.45, 7) is 4.69. The second-order valence-electron chi connectivity index (χ2n) is 10.3. The van der Waals surface area contributed by atoms with Crippen molar-refractivity contribution in [2.24, 2.45) is 0 Å². The van der Waals surface area contributed by atoms with E-state index in [9.17, 15) is 36.3 Å². The highest BCUT2D eigenvalue weighted by Gasteiger charge is 2.39. The zero-order valence-corrected chi connectivity index (χ0v) is 22.8.